The topological polar surface area (TPSA) is 51.8 Å². The molecular formula is C15H15BrFN3. The molecule has 5 heteroatoms. The Labute approximate surface area is 125 Å². The molecule has 3 nitrogen and oxygen atoms in total. The molecule has 2 aromatic rings. The number of fused-ring (bicyclic) bond motifs is 1. The lowest BCUT2D eigenvalue weighted by molar-refractivity contribution is 0.627. The summed E-state index contributed by atoms with van der Waals surface area (Å²) < 4.78 is 14.2. The first kappa shape index (κ1) is 13.5. The molecule has 0 bridgehead atoms. The van der Waals surface area contributed by atoms with E-state index in [4.69, 9.17) is 5.73 Å². The van der Waals surface area contributed by atoms with E-state index in [2.05, 4.69) is 25.9 Å². The number of benzene rings is 1. The van der Waals surface area contributed by atoms with Crippen LogP contribution in [0.4, 0.5) is 10.2 Å². The van der Waals surface area contributed by atoms with Crippen LogP contribution in [0.2, 0.25) is 0 Å². The van der Waals surface area contributed by atoms with Gasteiger partial charge in [-0.1, -0.05) is 22.4 Å². The number of aromatic nitrogens is 2. The van der Waals surface area contributed by atoms with Crippen LogP contribution >= 0.6 is 15.9 Å². The number of hydrogen-bond donors (Lipinski definition) is 1. The third kappa shape index (κ3) is 2.68. The van der Waals surface area contributed by atoms with Crippen LogP contribution < -0.4 is 5.73 Å². The van der Waals surface area contributed by atoms with Crippen molar-refractivity contribution in [2.24, 2.45) is 0 Å². The van der Waals surface area contributed by atoms with Crippen molar-refractivity contribution in [1.82, 2.24) is 9.97 Å². The van der Waals surface area contributed by atoms with E-state index in [9.17, 15) is 4.39 Å². The fourth-order valence-corrected chi connectivity index (χ4v) is 3.08. The molecule has 20 heavy (non-hydrogen) atoms. The fourth-order valence-electron chi connectivity index (χ4n) is 2.61. The molecule has 1 heterocycles. The summed E-state index contributed by atoms with van der Waals surface area (Å²) in [6, 6.07) is 4.65. The summed E-state index contributed by atoms with van der Waals surface area (Å²) in [5.41, 5.74) is 8.81. The van der Waals surface area contributed by atoms with Crippen LogP contribution in [0, 0.1) is 5.82 Å². The predicted molar refractivity (Wildman–Crippen MR) is 80.8 cm³/mol. The second-order valence-corrected chi connectivity index (χ2v) is 5.99. The van der Waals surface area contributed by atoms with Gasteiger partial charge in [0.15, 0.2) is 5.82 Å². The number of nitrogens with zero attached hydrogens (tertiary/aromatic N) is 2. The van der Waals surface area contributed by atoms with E-state index >= 15 is 0 Å². The first-order valence-electron chi connectivity index (χ1n) is 6.75. The van der Waals surface area contributed by atoms with Gasteiger partial charge in [-0.2, -0.15) is 0 Å². The monoisotopic (exact) mass is 335 g/mol. The van der Waals surface area contributed by atoms with Crippen LogP contribution in [0.5, 0.6) is 0 Å². The molecule has 0 fully saturated rings. The van der Waals surface area contributed by atoms with Crippen molar-refractivity contribution in [1.29, 1.82) is 0 Å². The molecule has 0 saturated heterocycles. The largest absolute Gasteiger partial charge is 0.383 e. The summed E-state index contributed by atoms with van der Waals surface area (Å²) >= 11 is 3.29. The van der Waals surface area contributed by atoms with Crippen molar-refractivity contribution in [3.8, 4) is 11.4 Å². The number of nitrogen functional groups attached to an aromatic ring is 1. The van der Waals surface area contributed by atoms with E-state index in [1.54, 1.807) is 6.07 Å². The molecule has 1 aromatic heterocycles. The Morgan fingerprint density at radius 3 is 2.65 bits per heavy atom. The van der Waals surface area contributed by atoms with Gasteiger partial charge >= 0.3 is 0 Å². The molecule has 1 aliphatic rings. The number of anilines is 1. The lowest BCUT2D eigenvalue weighted by Crippen LogP contribution is -2.06. The zero-order valence-corrected chi connectivity index (χ0v) is 12.6. The maximum atomic E-state index is 13.5. The molecule has 104 valence electrons. The van der Waals surface area contributed by atoms with Gasteiger partial charge in [0.1, 0.15) is 11.6 Å². The molecule has 0 unspecified atom stereocenters. The highest BCUT2D eigenvalue weighted by Gasteiger charge is 2.16. The predicted octanol–water partition coefficient (Wildman–Crippen LogP) is 3.90. The molecule has 0 radical (unpaired) electrons. The van der Waals surface area contributed by atoms with Crippen LogP contribution in [0.3, 0.4) is 0 Å². The van der Waals surface area contributed by atoms with Crippen molar-refractivity contribution in [3.05, 3.63) is 39.7 Å². The number of aryl methyl sites for hydroxylation is 1. The zero-order chi connectivity index (χ0) is 14.1. The van der Waals surface area contributed by atoms with Crippen molar-refractivity contribution < 1.29 is 4.39 Å². The van der Waals surface area contributed by atoms with Crippen molar-refractivity contribution >= 4 is 21.7 Å². The second-order valence-electron chi connectivity index (χ2n) is 5.08. The van der Waals surface area contributed by atoms with Crippen LogP contribution in [-0.2, 0) is 12.8 Å². The van der Waals surface area contributed by atoms with E-state index in [0.29, 0.717) is 21.7 Å². The zero-order valence-electron chi connectivity index (χ0n) is 11.0. The molecule has 0 amide bonds. The highest BCUT2D eigenvalue weighted by Crippen LogP contribution is 2.28. The average molecular weight is 336 g/mol. The van der Waals surface area contributed by atoms with Crippen molar-refractivity contribution in [2.45, 2.75) is 32.1 Å². The van der Waals surface area contributed by atoms with Crippen LogP contribution in [0.1, 0.15) is 30.5 Å². The van der Waals surface area contributed by atoms with Gasteiger partial charge < -0.3 is 5.73 Å². The second kappa shape index (κ2) is 5.48. The quantitative estimate of drug-likeness (QED) is 0.804. The lowest BCUT2D eigenvalue weighted by atomic mass is 10.1. The molecule has 2 N–H and O–H groups in total. The van der Waals surface area contributed by atoms with Gasteiger partial charge in [0.2, 0.25) is 0 Å². The number of halogens is 2. The molecule has 1 aliphatic carbocycles. The van der Waals surface area contributed by atoms with Gasteiger partial charge in [-0.25, -0.2) is 14.4 Å². The smallest absolute Gasteiger partial charge is 0.161 e. The highest BCUT2D eigenvalue weighted by molar-refractivity contribution is 9.10. The van der Waals surface area contributed by atoms with Crippen LogP contribution in [0.25, 0.3) is 11.4 Å². The number of rotatable bonds is 1. The van der Waals surface area contributed by atoms with Gasteiger partial charge in [-0.05, 0) is 43.9 Å². The molecule has 3 rings (SSSR count). The van der Waals surface area contributed by atoms with Crippen molar-refractivity contribution in [2.75, 3.05) is 5.73 Å². The summed E-state index contributed by atoms with van der Waals surface area (Å²) in [5, 5.41) is 0. The number of hydrogen-bond acceptors (Lipinski definition) is 3. The first-order chi connectivity index (χ1) is 9.63. The SMILES string of the molecule is Nc1nc(-c2cc(F)cc(Br)c2)nc2c1CCCCC2. The molecule has 0 saturated carbocycles. The van der Waals surface area contributed by atoms with Crippen molar-refractivity contribution in [3.63, 3.8) is 0 Å². The summed E-state index contributed by atoms with van der Waals surface area (Å²) in [6.07, 6.45) is 5.30. The third-order valence-corrected chi connectivity index (χ3v) is 4.04. The molecule has 0 atom stereocenters. The summed E-state index contributed by atoms with van der Waals surface area (Å²) in [7, 11) is 0. The van der Waals surface area contributed by atoms with E-state index in [-0.39, 0.29) is 5.82 Å². The Hall–Kier alpha value is -1.49. The minimum atomic E-state index is -0.313. The van der Waals surface area contributed by atoms with Gasteiger partial charge in [0.05, 0.1) is 0 Å². The molecular weight excluding hydrogens is 321 g/mol. The van der Waals surface area contributed by atoms with Gasteiger partial charge in [-0.3, -0.25) is 0 Å². The van der Waals surface area contributed by atoms with E-state index < -0.39 is 0 Å². The van der Waals surface area contributed by atoms with Crippen LogP contribution in [-0.4, -0.2) is 9.97 Å². The minimum absolute atomic E-state index is 0.313. The fraction of sp³-hybridized carbons (Fsp3) is 0.333. The van der Waals surface area contributed by atoms with E-state index in [0.717, 1.165) is 36.9 Å². The summed E-state index contributed by atoms with van der Waals surface area (Å²) in [5.74, 6) is 0.724. The molecule has 1 aromatic carbocycles. The maximum Gasteiger partial charge on any atom is 0.161 e. The standard InChI is InChI=1S/C15H15BrFN3/c16-10-6-9(7-11(17)8-10)15-19-13-5-3-1-2-4-12(13)14(18)20-15/h6-8H,1-5H2,(H2,18,19,20). The molecule has 0 aliphatic heterocycles. The van der Waals surface area contributed by atoms with Gasteiger partial charge in [0.25, 0.3) is 0 Å². The van der Waals surface area contributed by atoms with E-state index in [1.807, 2.05) is 0 Å². The Morgan fingerprint density at radius 1 is 1.05 bits per heavy atom. The van der Waals surface area contributed by atoms with Gasteiger partial charge in [0, 0.05) is 21.3 Å². The normalized spacial score (nSPS) is 14.7. The maximum absolute atomic E-state index is 13.5. The average Bonchev–Trinajstić information content (AvgIpc) is 2.63. The Morgan fingerprint density at radius 2 is 1.85 bits per heavy atom. The lowest BCUT2D eigenvalue weighted by Gasteiger charge is -2.10. The minimum Gasteiger partial charge on any atom is -0.383 e. The number of nitrogens with two attached hydrogens (primary N) is 1. The van der Waals surface area contributed by atoms with E-state index in [1.165, 1.54) is 18.6 Å². The first-order valence-corrected chi connectivity index (χ1v) is 7.54. The highest BCUT2D eigenvalue weighted by atomic mass is 79.9. The summed E-state index contributed by atoms with van der Waals surface area (Å²) in [6.45, 7) is 0. The Kier molecular flexibility index (Phi) is 3.70. The Bertz CT molecular complexity index is 638. The van der Waals surface area contributed by atoms with Crippen LogP contribution in [0.15, 0.2) is 22.7 Å². The summed E-state index contributed by atoms with van der Waals surface area (Å²) in [4.78, 5) is 8.97. The molecule has 0 spiro atoms. The van der Waals surface area contributed by atoms with Gasteiger partial charge in [-0.15, -0.1) is 0 Å². The Balaban J connectivity index is 2.10. The third-order valence-electron chi connectivity index (χ3n) is 3.59.